The number of unbranched alkanes of at least 4 members (excludes halogenated alkanes) is 1. The number of pyridine rings is 1. The zero-order valence-corrected chi connectivity index (χ0v) is 21.7. The Morgan fingerprint density at radius 2 is 2.00 bits per heavy atom. The number of aromatic nitrogens is 3. The quantitative estimate of drug-likeness (QED) is 0.289. The number of halogens is 1. The van der Waals surface area contributed by atoms with Crippen LogP contribution in [0.3, 0.4) is 0 Å². The van der Waals surface area contributed by atoms with Gasteiger partial charge in [-0.3, -0.25) is 4.79 Å². The molecule has 36 heavy (non-hydrogen) atoms. The number of nitrogens with zero attached hydrogens (tertiary/aromatic N) is 3. The molecule has 3 N–H and O–H groups in total. The van der Waals surface area contributed by atoms with Crippen LogP contribution in [-0.2, 0) is 32.6 Å². The Labute approximate surface area is 216 Å². The Kier molecular flexibility index (Phi) is 8.41. The van der Waals surface area contributed by atoms with Gasteiger partial charge in [-0.1, -0.05) is 17.7 Å². The Bertz CT molecular complexity index is 1100. The van der Waals surface area contributed by atoms with Crippen molar-refractivity contribution in [3.8, 4) is 0 Å². The van der Waals surface area contributed by atoms with Gasteiger partial charge in [0.15, 0.2) is 0 Å². The van der Waals surface area contributed by atoms with E-state index in [0.29, 0.717) is 36.5 Å². The average molecular weight is 516 g/mol. The smallest absolute Gasteiger partial charge is 0.326 e. The number of aliphatic carboxylic acids is 1. The maximum atomic E-state index is 13.1. The molecule has 2 aromatic rings. The minimum atomic E-state index is -1.09. The van der Waals surface area contributed by atoms with E-state index in [1.54, 1.807) is 13.8 Å². The van der Waals surface area contributed by atoms with Crippen molar-refractivity contribution >= 4 is 29.3 Å². The van der Waals surface area contributed by atoms with Gasteiger partial charge in [0, 0.05) is 43.1 Å². The van der Waals surface area contributed by atoms with E-state index in [2.05, 4.69) is 32.7 Å². The van der Waals surface area contributed by atoms with Crippen LogP contribution >= 0.6 is 11.6 Å². The summed E-state index contributed by atoms with van der Waals surface area (Å²) in [7, 11) is 0. The first kappa shape index (κ1) is 26.3. The molecule has 0 spiro atoms. The number of ether oxygens (including phenoxy) is 1. The summed E-state index contributed by atoms with van der Waals surface area (Å²) in [6, 6.07) is 3.22. The number of anilines is 1. The monoisotopic (exact) mass is 515 g/mol. The first-order valence-electron chi connectivity index (χ1n) is 12.7. The second-order valence-electron chi connectivity index (χ2n) is 9.67. The molecule has 10 heteroatoms. The maximum absolute atomic E-state index is 13.1. The Morgan fingerprint density at radius 1 is 1.19 bits per heavy atom. The fourth-order valence-corrected chi connectivity index (χ4v) is 5.25. The predicted molar refractivity (Wildman–Crippen MR) is 136 cm³/mol. The molecule has 4 rings (SSSR count). The van der Waals surface area contributed by atoms with Crippen LogP contribution in [0.1, 0.15) is 66.9 Å². The molecule has 3 heterocycles. The third-order valence-electron chi connectivity index (χ3n) is 6.90. The van der Waals surface area contributed by atoms with Crippen LogP contribution < -0.4 is 10.6 Å². The van der Waals surface area contributed by atoms with Gasteiger partial charge in [0.25, 0.3) is 0 Å². The van der Waals surface area contributed by atoms with Crippen LogP contribution in [0, 0.1) is 13.8 Å². The summed E-state index contributed by atoms with van der Waals surface area (Å²) >= 11 is 6.34. The molecule has 1 aliphatic carbocycles. The van der Waals surface area contributed by atoms with E-state index < -0.39 is 17.4 Å². The van der Waals surface area contributed by atoms with E-state index >= 15 is 0 Å². The summed E-state index contributed by atoms with van der Waals surface area (Å²) in [6.45, 7) is 5.29. The number of hydrogen-bond donors (Lipinski definition) is 3. The number of carboxylic acid groups (broad SMARTS) is 1. The first-order valence-corrected chi connectivity index (χ1v) is 13.0. The molecule has 0 radical (unpaired) electrons. The lowest BCUT2D eigenvalue weighted by molar-refractivity contribution is -0.142. The number of carbonyl (C=O) groups is 2. The molecule has 1 fully saturated rings. The van der Waals surface area contributed by atoms with Crippen molar-refractivity contribution in [2.24, 2.45) is 0 Å². The van der Waals surface area contributed by atoms with E-state index in [9.17, 15) is 14.7 Å². The molecule has 0 bridgehead atoms. The summed E-state index contributed by atoms with van der Waals surface area (Å²) in [4.78, 5) is 38.1. The molecule has 194 valence electrons. The number of rotatable bonds is 12. The second-order valence-corrected chi connectivity index (χ2v) is 10.0. The number of carboxylic acids is 1. The molecule has 1 unspecified atom stereocenters. The van der Waals surface area contributed by atoms with Crippen molar-refractivity contribution in [3.63, 3.8) is 0 Å². The Morgan fingerprint density at radius 3 is 2.72 bits per heavy atom. The van der Waals surface area contributed by atoms with Gasteiger partial charge in [-0.05, 0) is 70.4 Å². The number of hydrogen-bond acceptors (Lipinski definition) is 7. The minimum absolute atomic E-state index is 0.187. The Balaban J connectivity index is 1.20. The largest absolute Gasteiger partial charge is 0.480 e. The Hall–Kier alpha value is -2.78. The zero-order chi connectivity index (χ0) is 25.7. The number of amides is 1. The summed E-state index contributed by atoms with van der Waals surface area (Å²) in [5.41, 5.74) is 2.74. The van der Waals surface area contributed by atoms with E-state index in [-0.39, 0.29) is 24.1 Å². The molecule has 2 aromatic heterocycles. The van der Waals surface area contributed by atoms with E-state index in [4.69, 9.17) is 21.3 Å². The molecule has 9 nitrogen and oxygen atoms in total. The predicted octanol–water partition coefficient (Wildman–Crippen LogP) is 3.53. The molecule has 2 aliphatic rings. The minimum Gasteiger partial charge on any atom is -0.480 e. The van der Waals surface area contributed by atoms with Gasteiger partial charge in [-0.2, -0.15) is 0 Å². The van der Waals surface area contributed by atoms with Crippen LogP contribution in [0.5, 0.6) is 0 Å². The summed E-state index contributed by atoms with van der Waals surface area (Å²) in [6.07, 6.45) is 6.25. The van der Waals surface area contributed by atoms with Crippen molar-refractivity contribution in [3.05, 3.63) is 45.6 Å². The van der Waals surface area contributed by atoms with Gasteiger partial charge in [0.1, 0.15) is 22.8 Å². The third-order valence-corrected chi connectivity index (χ3v) is 7.17. The van der Waals surface area contributed by atoms with Gasteiger partial charge in [-0.15, -0.1) is 0 Å². The lowest BCUT2D eigenvalue weighted by Crippen LogP contribution is -2.46. The number of fused-ring (bicyclic) bond motifs is 1. The standard InChI is InChI=1S/C26H34ClN5O4/c1-16-21(22(27)30-17(2)29-16)26(11-12-26)25(35)32-20(24(33)34)10-15-36-14-4-3-7-19-9-8-18-6-5-13-28-23(18)31-19/h8-9,20H,3-7,10-15H2,1-2H3,(H,28,31)(H,32,35)(H,33,34). The summed E-state index contributed by atoms with van der Waals surface area (Å²) < 4.78 is 5.67. The van der Waals surface area contributed by atoms with E-state index in [0.717, 1.165) is 50.2 Å². The molecule has 1 atom stereocenters. The van der Waals surface area contributed by atoms with Crippen LogP contribution in [-0.4, -0.2) is 57.7 Å². The fraction of sp³-hybridized carbons (Fsp3) is 0.577. The molecule has 0 saturated heterocycles. The highest BCUT2D eigenvalue weighted by Crippen LogP contribution is 2.51. The molecule has 1 aliphatic heterocycles. The number of carbonyl (C=O) groups excluding carboxylic acids is 1. The topological polar surface area (TPSA) is 126 Å². The van der Waals surface area contributed by atoms with Crippen molar-refractivity contribution in [1.29, 1.82) is 0 Å². The van der Waals surface area contributed by atoms with E-state index in [1.807, 2.05) is 0 Å². The lowest BCUT2D eigenvalue weighted by Gasteiger charge is -2.22. The summed E-state index contributed by atoms with van der Waals surface area (Å²) in [5.74, 6) is 0.114. The fourth-order valence-electron chi connectivity index (χ4n) is 4.81. The van der Waals surface area contributed by atoms with Crippen LogP contribution in [0.15, 0.2) is 12.1 Å². The van der Waals surface area contributed by atoms with Crippen LogP contribution in [0.4, 0.5) is 5.82 Å². The third kappa shape index (κ3) is 6.13. The van der Waals surface area contributed by atoms with Gasteiger partial charge >= 0.3 is 5.97 Å². The maximum Gasteiger partial charge on any atom is 0.326 e. The second kappa shape index (κ2) is 11.5. The highest BCUT2D eigenvalue weighted by Gasteiger charge is 2.54. The van der Waals surface area contributed by atoms with Gasteiger partial charge in [0.2, 0.25) is 5.91 Å². The van der Waals surface area contributed by atoms with Gasteiger partial charge in [0.05, 0.1) is 5.41 Å². The molecule has 0 aromatic carbocycles. The van der Waals surface area contributed by atoms with Crippen LogP contribution in [0.2, 0.25) is 5.15 Å². The molecule has 1 amide bonds. The average Bonchev–Trinajstić information content (AvgIpc) is 3.63. The SMILES string of the molecule is Cc1nc(C)c(C2(C(=O)NC(CCOCCCCc3ccc4c(n3)NCCC4)C(=O)O)CC2)c(Cl)n1. The molecule has 1 saturated carbocycles. The van der Waals surface area contributed by atoms with Crippen LogP contribution in [0.25, 0.3) is 0 Å². The number of aryl methyl sites for hydroxylation is 4. The van der Waals surface area contributed by atoms with Gasteiger partial charge in [-0.25, -0.2) is 19.7 Å². The van der Waals surface area contributed by atoms with E-state index in [1.165, 1.54) is 5.56 Å². The van der Waals surface area contributed by atoms with Gasteiger partial charge < -0.3 is 20.5 Å². The van der Waals surface area contributed by atoms with Crippen molar-refractivity contribution in [2.75, 3.05) is 25.1 Å². The molecular formula is C26H34ClN5O4. The summed E-state index contributed by atoms with van der Waals surface area (Å²) in [5, 5.41) is 15.9. The van der Waals surface area contributed by atoms with Crippen molar-refractivity contribution in [2.45, 2.75) is 76.7 Å². The lowest BCUT2D eigenvalue weighted by atomic mass is 9.94. The normalized spacial score (nSPS) is 16.5. The van der Waals surface area contributed by atoms with Crippen molar-refractivity contribution < 1.29 is 19.4 Å². The highest BCUT2D eigenvalue weighted by molar-refractivity contribution is 6.30. The zero-order valence-electron chi connectivity index (χ0n) is 20.9. The first-order chi connectivity index (χ1) is 17.3. The molecular weight excluding hydrogens is 482 g/mol. The number of nitrogens with one attached hydrogen (secondary N) is 2. The van der Waals surface area contributed by atoms with Crippen molar-refractivity contribution in [1.82, 2.24) is 20.3 Å². The highest BCUT2D eigenvalue weighted by atomic mass is 35.5.